The zero-order valence-electron chi connectivity index (χ0n) is 16.4. The second-order valence-electron chi connectivity index (χ2n) is 7.77. The molecule has 0 amide bonds. The van der Waals surface area contributed by atoms with Gasteiger partial charge in [0.2, 0.25) is 0 Å². The minimum atomic E-state index is 0.271. The van der Waals surface area contributed by atoms with Crippen molar-refractivity contribution in [1.82, 2.24) is 4.90 Å². The van der Waals surface area contributed by atoms with Crippen LogP contribution in [0.4, 0.5) is 0 Å². The molecule has 0 aromatic carbocycles. The molecule has 0 bridgehead atoms. The topological polar surface area (TPSA) is 3.24 Å². The van der Waals surface area contributed by atoms with Crippen LogP contribution in [0.25, 0.3) is 0 Å². The fraction of sp³-hybridized carbons (Fsp3) is 1.00. The largest absolute Gasteiger partial charge is 0.306 e. The summed E-state index contributed by atoms with van der Waals surface area (Å²) in [5.74, 6) is 2.88. The second kappa shape index (κ2) is 12.6. The molecule has 0 aromatic heterocycles. The van der Waals surface area contributed by atoms with E-state index in [4.69, 9.17) is 11.6 Å². The van der Waals surface area contributed by atoms with Crippen molar-refractivity contribution in [2.45, 2.75) is 85.4 Å². The van der Waals surface area contributed by atoms with Crippen LogP contribution in [0.5, 0.6) is 0 Å². The van der Waals surface area contributed by atoms with E-state index in [-0.39, 0.29) is 5.38 Å². The molecule has 0 aromatic rings. The van der Waals surface area contributed by atoms with Gasteiger partial charge in [0.15, 0.2) is 0 Å². The maximum absolute atomic E-state index is 6.35. The lowest BCUT2D eigenvalue weighted by molar-refractivity contribution is 0.163. The smallest absolute Gasteiger partial charge is 0.0336 e. The average molecular weight is 332 g/mol. The molecular weight excluding hydrogens is 290 g/mol. The number of unbranched alkanes of at least 4 members (excludes halogenated alkanes) is 2. The van der Waals surface area contributed by atoms with Gasteiger partial charge >= 0.3 is 0 Å². The van der Waals surface area contributed by atoms with Gasteiger partial charge in [0.25, 0.3) is 0 Å². The first-order valence-electron chi connectivity index (χ1n) is 9.65. The summed E-state index contributed by atoms with van der Waals surface area (Å²) in [7, 11) is 2.31. The second-order valence-corrected chi connectivity index (χ2v) is 8.46. The Morgan fingerprint density at radius 1 is 0.818 bits per heavy atom. The lowest BCUT2D eigenvalue weighted by Crippen LogP contribution is -2.35. The minimum Gasteiger partial charge on any atom is -0.306 e. The Balaban J connectivity index is 4.36. The molecule has 0 rings (SSSR count). The third-order valence-electron chi connectivity index (χ3n) is 5.43. The van der Waals surface area contributed by atoms with Crippen molar-refractivity contribution in [2.75, 3.05) is 20.1 Å². The van der Waals surface area contributed by atoms with E-state index < -0.39 is 0 Å². The summed E-state index contributed by atoms with van der Waals surface area (Å²) < 4.78 is 0. The molecule has 0 N–H and O–H groups in total. The van der Waals surface area contributed by atoms with Crippen LogP contribution >= 0.6 is 11.6 Å². The number of nitrogens with zero attached hydrogens (tertiary/aromatic N) is 1. The van der Waals surface area contributed by atoms with Gasteiger partial charge in [-0.1, -0.05) is 60.3 Å². The fourth-order valence-electron chi connectivity index (χ4n) is 3.58. The van der Waals surface area contributed by atoms with Gasteiger partial charge in [0, 0.05) is 18.5 Å². The SMILES string of the molecule is CCCCCC(C)CN(C)CC(CCC)C(C)C(C)C(C)Cl. The molecule has 0 aliphatic carbocycles. The number of hydrogen-bond acceptors (Lipinski definition) is 1. The van der Waals surface area contributed by atoms with Crippen LogP contribution in [0.15, 0.2) is 0 Å². The summed E-state index contributed by atoms with van der Waals surface area (Å²) in [6.45, 7) is 16.3. The molecule has 1 nitrogen and oxygen atoms in total. The van der Waals surface area contributed by atoms with Crippen molar-refractivity contribution in [1.29, 1.82) is 0 Å². The minimum absolute atomic E-state index is 0.271. The Bertz CT molecular complexity index is 254. The van der Waals surface area contributed by atoms with Crippen molar-refractivity contribution < 1.29 is 0 Å². The molecule has 0 heterocycles. The van der Waals surface area contributed by atoms with Crippen LogP contribution in [0.2, 0.25) is 0 Å². The van der Waals surface area contributed by atoms with E-state index in [0.717, 1.165) is 11.8 Å². The van der Waals surface area contributed by atoms with Crippen LogP contribution < -0.4 is 0 Å². The number of alkyl halides is 1. The average Bonchev–Trinajstić information content (AvgIpc) is 2.45. The van der Waals surface area contributed by atoms with Gasteiger partial charge in [-0.25, -0.2) is 0 Å². The predicted octanol–water partition coefficient (Wildman–Crippen LogP) is 6.45. The van der Waals surface area contributed by atoms with Gasteiger partial charge in [-0.2, -0.15) is 0 Å². The molecular formula is C20H42ClN. The third-order valence-corrected chi connectivity index (χ3v) is 5.82. The fourth-order valence-corrected chi connectivity index (χ4v) is 3.81. The lowest BCUT2D eigenvalue weighted by Gasteiger charge is -2.34. The monoisotopic (exact) mass is 331 g/mol. The van der Waals surface area contributed by atoms with Crippen LogP contribution in [0.3, 0.4) is 0 Å². The summed E-state index contributed by atoms with van der Waals surface area (Å²) in [5.41, 5.74) is 0. The first-order valence-corrected chi connectivity index (χ1v) is 10.1. The Kier molecular flexibility index (Phi) is 12.8. The van der Waals surface area contributed by atoms with Gasteiger partial charge < -0.3 is 4.90 Å². The molecule has 134 valence electrons. The highest BCUT2D eigenvalue weighted by Gasteiger charge is 2.26. The van der Waals surface area contributed by atoms with E-state index in [9.17, 15) is 0 Å². The molecule has 2 heteroatoms. The van der Waals surface area contributed by atoms with E-state index in [1.165, 1.54) is 51.6 Å². The van der Waals surface area contributed by atoms with Gasteiger partial charge in [0.1, 0.15) is 0 Å². The standard InChI is InChI=1S/C20H42ClN/c1-8-10-11-13-16(3)14-22(7)15-20(12-9-2)18(5)17(4)19(6)21/h16-20H,8-15H2,1-7H3. The molecule has 0 aliphatic heterocycles. The highest BCUT2D eigenvalue weighted by Crippen LogP contribution is 2.30. The normalized spacial score (nSPS) is 19.0. The molecule has 0 spiro atoms. The molecule has 22 heavy (non-hydrogen) atoms. The Morgan fingerprint density at radius 2 is 1.45 bits per heavy atom. The van der Waals surface area contributed by atoms with Gasteiger partial charge in [0.05, 0.1) is 0 Å². The molecule has 5 atom stereocenters. The Labute approximate surface area is 146 Å². The van der Waals surface area contributed by atoms with Crippen LogP contribution in [0, 0.1) is 23.7 Å². The van der Waals surface area contributed by atoms with Gasteiger partial charge in [-0.15, -0.1) is 11.6 Å². The molecule has 0 radical (unpaired) electrons. The Morgan fingerprint density at radius 3 is 1.95 bits per heavy atom. The quantitative estimate of drug-likeness (QED) is 0.277. The van der Waals surface area contributed by atoms with E-state index in [0.29, 0.717) is 11.8 Å². The van der Waals surface area contributed by atoms with E-state index in [2.05, 4.69) is 53.5 Å². The molecule has 5 unspecified atom stereocenters. The summed E-state index contributed by atoms with van der Waals surface area (Å²) >= 11 is 6.35. The van der Waals surface area contributed by atoms with Crippen molar-refractivity contribution >= 4 is 11.6 Å². The van der Waals surface area contributed by atoms with E-state index in [1.807, 2.05) is 0 Å². The summed E-state index contributed by atoms with van der Waals surface area (Å²) in [4.78, 5) is 2.57. The van der Waals surface area contributed by atoms with Crippen LogP contribution in [0.1, 0.15) is 80.1 Å². The van der Waals surface area contributed by atoms with E-state index >= 15 is 0 Å². The van der Waals surface area contributed by atoms with Crippen molar-refractivity contribution in [3.05, 3.63) is 0 Å². The molecule has 0 saturated carbocycles. The zero-order chi connectivity index (χ0) is 17.1. The van der Waals surface area contributed by atoms with Crippen LogP contribution in [-0.2, 0) is 0 Å². The number of rotatable bonds is 13. The van der Waals surface area contributed by atoms with Crippen molar-refractivity contribution in [3.8, 4) is 0 Å². The van der Waals surface area contributed by atoms with Crippen LogP contribution in [-0.4, -0.2) is 30.4 Å². The van der Waals surface area contributed by atoms with Crippen molar-refractivity contribution in [3.63, 3.8) is 0 Å². The summed E-state index contributed by atoms with van der Waals surface area (Å²) in [6, 6.07) is 0. The molecule has 0 fully saturated rings. The number of halogens is 1. The third kappa shape index (κ3) is 9.40. The highest BCUT2D eigenvalue weighted by molar-refractivity contribution is 6.20. The lowest BCUT2D eigenvalue weighted by atomic mass is 9.79. The van der Waals surface area contributed by atoms with E-state index in [1.54, 1.807) is 0 Å². The maximum Gasteiger partial charge on any atom is 0.0336 e. The Hall–Kier alpha value is 0.250. The summed E-state index contributed by atoms with van der Waals surface area (Å²) in [5, 5.41) is 0.271. The first kappa shape index (κ1) is 22.2. The summed E-state index contributed by atoms with van der Waals surface area (Å²) in [6.07, 6.45) is 8.08. The van der Waals surface area contributed by atoms with Gasteiger partial charge in [-0.3, -0.25) is 0 Å². The van der Waals surface area contributed by atoms with Gasteiger partial charge in [-0.05, 0) is 50.5 Å². The number of hydrogen-bond donors (Lipinski definition) is 0. The van der Waals surface area contributed by atoms with Crippen molar-refractivity contribution in [2.24, 2.45) is 23.7 Å². The predicted molar refractivity (Wildman–Crippen MR) is 103 cm³/mol. The zero-order valence-corrected chi connectivity index (χ0v) is 17.1. The highest BCUT2D eigenvalue weighted by atomic mass is 35.5. The molecule has 0 aliphatic rings. The first-order chi connectivity index (χ1) is 10.3. The molecule has 0 saturated heterocycles. The maximum atomic E-state index is 6.35.